The fourth-order valence-corrected chi connectivity index (χ4v) is 3.40. The molecule has 1 aliphatic heterocycles. The lowest BCUT2D eigenvalue weighted by atomic mass is 9.97. The maximum atomic E-state index is 12.5. The van der Waals surface area contributed by atoms with E-state index in [1.807, 2.05) is 29.4 Å². The van der Waals surface area contributed by atoms with Crippen molar-refractivity contribution in [1.82, 2.24) is 39.6 Å². The average Bonchev–Trinajstić information content (AvgIpc) is 3.35. The minimum absolute atomic E-state index is 0.0363. The molecular formula is C17H20N8O. The molecule has 0 aromatic carbocycles. The summed E-state index contributed by atoms with van der Waals surface area (Å²) in [6, 6.07) is 4.01. The maximum Gasteiger partial charge on any atom is 0.244 e. The molecule has 3 aromatic heterocycles. The molecule has 0 spiro atoms. The zero-order chi connectivity index (χ0) is 17.8. The number of tetrazole rings is 1. The molecule has 0 N–H and O–H groups in total. The Morgan fingerprint density at radius 1 is 1.23 bits per heavy atom. The van der Waals surface area contributed by atoms with E-state index >= 15 is 0 Å². The molecule has 0 saturated carbocycles. The van der Waals surface area contributed by atoms with Crippen LogP contribution in [0, 0.1) is 0 Å². The molecule has 1 atom stereocenters. The largest absolute Gasteiger partial charge is 0.340 e. The molecule has 1 amide bonds. The Hall–Kier alpha value is -3.10. The Morgan fingerprint density at radius 2 is 2.12 bits per heavy atom. The van der Waals surface area contributed by atoms with E-state index in [2.05, 4.69) is 30.1 Å². The molecule has 4 rings (SSSR count). The van der Waals surface area contributed by atoms with E-state index in [0.717, 1.165) is 31.8 Å². The zero-order valence-electron chi connectivity index (χ0n) is 14.3. The summed E-state index contributed by atoms with van der Waals surface area (Å²) in [4.78, 5) is 23.1. The Kier molecular flexibility index (Phi) is 4.67. The van der Waals surface area contributed by atoms with Gasteiger partial charge in [-0.25, -0.2) is 9.67 Å². The minimum Gasteiger partial charge on any atom is -0.340 e. The third-order valence-electron chi connectivity index (χ3n) is 4.68. The number of carbonyl (C=O) groups excluding carboxylic acids is 1. The highest BCUT2D eigenvalue weighted by molar-refractivity contribution is 5.76. The van der Waals surface area contributed by atoms with Crippen molar-refractivity contribution >= 4 is 5.91 Å². The lowest BCUT2D eigenvalue weighted by Crippen LogP contribution is -2.41. The van der Waals surface area contributed by atoms with E-state index in [4.69, 9.17) is 0 Å². The first-order valence-corrected chi connectivity index (χ1v) is 8.68. The summed E-state index contributed by atoms with van der Waals surface area (Å²) in [5, 5.41) is 10.9. The lowest BCUT2D eigenvalue weighted by molar-refractivity contribution is -0.133. The fraction of sp³-hybridized carbons (Fsp3) is 0.412. The fourth-order valence-electron chi connectivity index (χ4n) is 3.40. The van der Waals surface area contributed by atoms with Crippen molar-refractivity contribution in [2.75, 3.05) is 13.1 Å². The van der Waals surface area contributed by atoms with E-state index in [1.54, 1.807) is 12.4 Å². The lowest BCUT2D eigenvalue weighted by Gasteiger charge is -2.32. The first kappa shape index (κ1) is 16.4. The van der Waals surface area contributed by atoms with E-state index < -0.39 is 0 Å². The van der Waals surface area contributed by atoms with Gasteiger partial charge in [-0.15, -0.1) is 5.10 Å². The molecule has 4 heterocycles. The molecular weight excluding hydrogens is 332 g/mol. The summed E-state index contributed by atoms with van der Waals surface area (Å²) >= 11 is 0. The van der Waals surface area contributed by atoms with Gasteiger partial charge in [0.25, 0.3) is 0 Å². The highest BCUT2D eigenvalue weighted by Gasteiger charge is 2.27. The second kappa shape index (κ2) is 7.42. The zero-order valence-corrected chi connectivity index (χ0v) is 14.3. The molecule has 0 radical (unpaired) electrons. The molecule has 0 bridgehead atoms. The maximum absolute atomic E-state index is 12.5. The number of aromatic nitrogens is 7. The van der Waals surface area contributed by atoms with Crippen LogP contribution < -0.4 is 0 Å². The predicted molar refractivity (Wildman–Crippen MR) is 91.9 cm³/mol. The standard InChI is InChI=1S/C17H20N8O/c26-16(12-25-13-20-21-22-25)23-8-1-2-15(11-23)17-19-7-9-24(17)10-14-3-5-18-6-4-14/h3-7,9,13,15H,1-2,8,10-12H2. The third kappa shape index (κ3) is 3.61. The SMILES string of the molecule is O=C(Cn1cnnn1)N1CCCC(c2nccn2Cc2ccncc2)C1. The topological polar surface area (TPSA) is 94.6 Å². The number of carbonyl (C=O) groups is 1. The summed E-state index contributed by atoms with van der Waals surface area (Å²) in [7, 11) is 0. The van der Waals surface area contributed by atoms with Gasteiger partial charge in [-0.05, 0) is 41.0 Å². The molecule has 1 saturated heterocycles. The number of pyridine rings is 1. The first-order valence-electron chi connectivity index (χ1n) is 8.68. The van der Waals surface area contributed by atoms with Gasteiger partial charge in [-0.3, -0.25) is 9.78 Å². The van der Waals surface area contributed by atoms with Crippen LogP contribution in [-0.4, -0.2) is 58.6 Å². The van der Waals surface area contributed by atoms with Crippen molar-refractivity contribution in [1.29, 1.82) is 0 Å². The van der Waals surface area contributed by atoms with Crippen LogP contribution in [-0.2, 0) is 17.9 Å². The van der Waals surface area contributed by atoms with Gasteiger partial charge in [-0.2, -0.15) is 0 Å². The Labute approximate surface area is 150 Å². The van der Waals surface area contributed by atoms with Crippen molar-refractivity contribution in [2.24, 2.45) is 0 Å². The monoisotopic (exact) mass is 352 g/mol. The minimum atomic E-state index is 0.0363. The van der Waals surface area contributed by atoms with Gasteiger partial charge in [0.2, 0.25) is 5.91 Å². The number of piperidine rings is 1. The number of rotatable bonds is 5. The van der Waals surface area contributed by atoms with E-state index in [0.29, 0.717) is 6.54 Å². The van der Waals surface area contributed by atoms with E-state index in [-0.39, 0.29) is 18.4 Å². The molecule has 9 heteroatoms. The number of imidazole rings is 1. The number of hydrogen-bond acceptors (Lipinski definition) is 6. The highest BCUT2D eigenvalue weighted by atomic mass is 16.2. The van der Waals surface area contributed by atoms with Gasteiger partial charge in [0.05, 0.1) is 0 Å². The van der Waals surface area contributed by atoms with Gasteiger partial charge in [0.1, 0.15) is 18.7 Å². The Balaban J connectivity index is 1.45. The summed E-state index contributed by atoms with van der Waals surface area (Å²) < 4.78 is 3.62. The van der Waals surface area contributed by atoms with Crippen molar-refractivity contribution in [3.8, 4) is 0 Å². The number of nitrogens with zero attached hydrogens (tertiary/aromatic N) is 8. The molecule has 1 fully saturated rings. The molecule has 134 valence electrons. The van der Waals surface area contributed by atoms with Gasteiger partial charge >= 0.3 is 0 Å². The highest BCUT2D eigenvalue weighted by Crippen LogP contribution is 2.26. The Morgan fingerprint density at radius 3 is 2.92 bits per heavy atom. The number of likely N-dealkylation sites (tertiary alicyclic amines) is 1. The van der Waals surface area contributed by atoms with Crippen LogP contribution in [0.15, 0.2) is 43.2 Å². The van der Waals surface area contributed by atoms with E-state index in [1.165, 1.54) is 16.6 Å². The van der Waals surface area contributed by atoms with Crippen LogP contribution in [0.5, 0.6) is 0 Å². The molecule has 0 aliphatic carbocycles. The second-order valence-electron chi connectivity index (χ2n) is 6.46. The van der Waals surface area contributed by atoms with E-state index in [9.17, 15) is 4.79 Å². The van der Waals surface area contributed by atoms with Gasteiger partial charge in [-0.1, -0.05) is 0 Å². The molecule has 1 unspecified atom stereocenters. The predicted octanol–water partition coefficient (Wildman–Crippen LogP) is 0.719. The van der Waals surface area contributed by atoms with Gasteiger partial charge < -0.3 is 9.47 Å². The van der Waals surface area contributed by atoms with Crippen molar-refractivity contribution in [3.63, 3.8) is 0 Å². The third-order valence-corrected chi connectivity index (χ3v) is 4.68. The molecule has 26 heavy (non-hydrogen) atoms. The number of amides is 1. The Bertz CT molecular complexity index is 845. The van der Waals surface area contributed by atoms with Crippen LogP contribution in [0.4, 0.5) is 0 Å². The summed E-state index contributed by atoms with van der Waals surface area (Å²) in [6.45, 7) is 2.37. The van der Waals surface area contributed by atoms with Crippen LogP contribution >= 0.6 is 0 Å². The summed E-state index contributed by atoms with van der Waals surface area (Å²) in [6.07, 6.45) is 10.9. The van der Waals surface area contributed by atoms with Crippen LogP contribution in [0.3, 0.4) is 0 Å². The van der Waals surface area contributed by atoms with Crippen LogP contribution in [0.25, 0.3) is 0 Å². The van der Waals surface area contributed by atoms with Gasteiger partial charge in [0, 0.05) is 50.3 Å². The van der Waals surface area contributed by atoms with Gasteiger partial charge in [0.15, 0.2) is 0 Å². The van der Waals surface area contributed by atoms with Crippen molar-refractivity contribution < 1.29 is 4.79 Å². The van der Waals surface area contributed by atoms with Crippen LogP contribution in [0.2, 0.25) is 0 Å². The number of hydrogen-bond donors (Lipinski definition) is 0. The first-order chi connectivity index (χ1) is 12.8. The second-order valence-corrected chi connectivity index (χ2v) is 6.46. The van der Waals surface area contributed by atoms with Crippen molar-refractivity contribution in [3.05, 3.63) is 54.6 Å². The summed E-state index contributed by atoms with van der Waals surface area (Å²) in [5.41, 5.74) is 1.18. The molecule has 1 aliphatic rings. The van der Waals surface area contributed by atoms with Crippen LogP contribution in [0.1, 0.15) is 30.1 Å². The average molecular weight is 352 g/mol. The normalized spacial score (nSPS) is 17.4. The smallest absolute Gasteiger partial charge is 0.244 e. The molecule has 9 nitrogen and oxygen atoms in total. The van der Waals surface area contributed by atoms with Crippen molar-refractivity contribution in [2.45, 2.75) is 31.8 Å². The quantitative estimate of drug-likeness (QED) is 0.671. The summed E-state index contributed by atoms with van der Waals surface area (Å²) in [5.74, 6) is 1.30. The molecule has 3 aromatic rings.